The number of hydrogen-bond acceptors (Lipinski definition) is 4. The Morgan fingerprint density at radius 2 is 2.04 bits per heavy atom. The van der Waals surface area contributed by atoms with Crippen LogP contribution in [0.3, 0.4) is 0 Å². The van der Waals surface area contributed by atoms with Crippen molar-refractivity contribution in [1.29, 1.82) is 0 Å². The lowest BCUT2D eigenvalue weighted by Gasteiger charge is -2.35. The summed E-state index contributed by atoms with van der Waals surface area (Å²) in [5.41, 5.74) is 1.05. The Kier molecular flexibility index (Phi) is 6.26. The quantitative estimate of drug-likeness (QED) is 0.856. The van der Waals surface area contributed by atoms with Crippen LogP contribution < -0.4 is 5.32 Å². The fourth-order valence-electron chi connectivity index (χ4n) is 2.91. The van der Waals surface area contributed by atoms with Gasteiger partial charge in [-0.3, -0.25) is 9.69 Å². The molecule has 1 aliphatic rings. The van der Waals surface area contributed by atoms with E-state index in [4.69, 9.17) is 16.3 Å². The molecule has 6 heteroatoms. The summed E-state index contributed by atoms with van der Waals surface area (Å²) >= 11 is 8.00. The SMILES string of the molecule is O=C(Cc1cccs1)NCC(c1ccccc1Cl)N1CCOCC1. The van der Waals surface area contributed by atoms with E-state index in [-0.39, 0.29) is 11.9 Å². The molecule has 1 saturated heterocycles. The van der Waals surface area contributed by atoms with Gasteiger partial charge in [0.1, 0.15) is 0 Å². The molecule has 0 saturated carbocycles. The number of amides is 1. The maximum Gasteiger partial charge on any atom is 0.225 e. The summed E-state index contributed by atoms with van der Waals surface area (Å²) in [6.07, 6.45) is 0.427. The van der Waals surface area contributed by atoms with Gasteiger partial charge in [-0.05, 0) is 23.1 Å². The van der Waals surface area contributed by atoms with Crippen molar-refractivity contribution < 1.29 is 9.53 Å². The van der Waals surface area contributed by atoms with Crippen molar-refractivity contribution in [1.82, 2.24) is 10.2 Å². The summed E-state index contributed by atoms with van der Waals surface area (Å²) in [4.78, 5) is 15.6. The Morgan fingerprint density at radius 1 is 1.25 bits per heavy atom. The number of halogens is 1. The van der Waals surface area contributed by atoms with Crippen LogP contribution in [-0.4, -0.2) is 43.7 Å². The lowest BCUT2D eigenvalue weighted by Crippen LogP contribution is -2.44. The van der Waals surface area contributed by atoms with Gasteiger partial charge in [-0.25, -0.2) is 0 Å². The van der Waals surface area contributed by atoms with Crippen LogP contribution >= 0.6 is 22.9 Å². The highest BCUT2D eigenvalue weighted by molar-refractivity contribution is 7.10. The smallest absolute Gasteiger partial charge is 0.225 e. The first kappa shape index (κ1) is 17.4. The largest absolute Gasteiger partial charge is 0.379 e. The van der Waals surface area contributed by atoms with E-state index in [2.05, 4.69) is 10.2 Å². The molecule has 4 nitrogen and oxygen atoms in total. The number of nitrogens with zero attached hydrogens (tertiary/aromatic N) is 1. The topological polar surface area (TPSA) is 41.6 Å². The Morgan fingerprint density at radius 3 is 2.75 bits per heavy atom. The highest BCUT2D eigenvalue weighted by Gasteiger charge is 2.24. The van der Waals surface area contributed by atoms with E-state index >= 15 is 0 Å². The van der Waals surface area contributed by atoms with Crippen LogP contribution in [0.25, 0.3) is 0 Å². The van der Waals surface area contributed by atoms with Crippen LogP contribution in [0.5, 0.6) is 0 Å². The molecule has 1 fully saturated rings. The number of ether oxygens (including phenoxy) is 1. The maximum absolute atomic E-state index is 12.2. The molecular weight excluding hydrogens is 344 g/mol. The van der Waals surface area contributed by atoms with E-state index in [9.17, 15) is 4.79 Å². The molecule has 128 valence electrons. The predicted molar refractivity (Wildman–Crippen MR) is 97.6 cm³/mol. The van der Waals surface area contributed by atoms with E-state index in [0.717, 1.165) is 28.6 Å². The minimum absolute atomic E-state index is 0.0442. The van der Waals surface area contributed by atoms with Gasteiger partial charge in [-0.1, -0.05) is 35.9 Å². The lowest BCUT2D eigenvalue weighted by molar-refractivity contribution is -0.120. The highest BCUT2D eigenvalue weighted by Crippen LogP contribution is 2.27. The first-order valence-electron chi connectivity index (χ1n) is 8.09. The van der Waals surface area contributed by atoms with E-state index in [1.165, 1.54) is 0 Å². The summed E-state index contributed by atoms with van der Waals surface area (Å²) in [6, 6.07) is 11.9. The Bertz CT molecular complexity index is 657. The minimum atomic E-state index is 0.0442. The average molecular weight is 365 g/mol. The number of rotatable bonds is 6. The number of morpholine rings is 1. The predicted octanol–water partition coefficient (Wildman–Crippen LogP) is 3.13. The minimum Gasteiger partial charge on any atom is -0.379 e. The van der Waals surface area contributed by atoms with Crippen LogP contribution in [0.15, 0.2) is 41.8 Å². The summed E-state index contributed by atoms with van der Waals surface area (Å²) in [6.45, 7) is 3.66. The molecule has 1 atom stereocenters. The van der Waals surface area contributed by atoms with Crippen LogP contribution in [0, 0.1) is 0 Å². The van der Waals surface area contributed by atoms with E-state index in [0.29, 0.717) is 26.2 Å². The zero-order chi connectivity index (χ0) is 16.8. The number of thiophene rings is 1. The van der Waals surface area contributed by atoms with Crippen molar-refractivity contribution in [2.24, 2.45) is 0 Å². The molecule has 3 rings (SSSR count). The first-order valence-corrected chi connectivity index (χ1v) is 9.35. The summed E-state index contributed by atoms with van der Waals surface area (Å²) in [7, 11) is 0. The van der Waals surface area contributed by atoms with Gasteiger partial charge in [0.2, 0.25) is 5.91 Å². The molecule has 1 aromatic carbocycles. The molecule has 0 radical (unpaired) electrons. The van der Waals surface area contributed by atoms with Crippen molar-refractivity contribution >= 4 is 28.8 Å². The van der Waals surface area contributed by atoms with Gasteiger partial charge >= 0.3 is 0 Å². The van der Waals surface area contributed by atoms with Crippen molar-refractivity contribution in [2.45, 2.75) is 12.5 Å². The average Bonchev–Trinajstić information content (AvgIpc) is 3.10. The van der Waals surface area contributed by atoms with Crippen molar-refractivity contribution in [3.63, 3.8) is 0 Å². The lowest BCUT2D eigenvalue weighted by atomic mass is 10.0. The standard InChI is InChI=1S/C18H21ClN2O2S/c19-16-6-2-1-5-15(16)17(21-7-9-23-10-8-21)13-20-18(22)12-14-4-3-11-24-14/h1-6,11,17H,7-10,12-13H2,(H,20,22). The van der Waals surface area contributed by atoms with Crippen molar-refractivity contribution in [3.05, 3.63) is 57.2 Å². The molecule has 1 amide bonds. The second-order valence-electron chi connectivity index (χ2n) is 5.75. The second-order valence-corrected chi connectivity index (χ2v) is 7.19. The molecule has 0 aliphatic carbocycles. The van der Waals surface area contributed by atoms with Gasteiger partial charge in [-0.2, -0.15) is 0 Å². The van der Waals surface area contributed by atoms with Gasteiger partial charge in [0.25, 0.3) is 0 Å². The second kappa shape index (κ2) is 8.62. The molecule has 24 heavy (non-hydrogen) atoms. The number of carbonyl (C=O) groups is 1. The molecule has 0 bridgehead atoms. The zero-order valence-electron chi connectivity index (χ0n) is 13.4. The van der Waals surface area contributed by atoms with Crippen molar-refractivity contribution in [3.8, 4) is 0 Å². The molecule has 1 aromatic heterocycles. The third-order valence-electron chi connectivity index (χ3n) is 4.16. The number of carbonyl (C=O) groups excluding carboxylic acids is 1. The fourth-order valence-corrected chi connectivity index (χ4v) is 3.88. The summed E-state index contributed by atoms with van der Waals surface area (Å²) in [5, 5.41) is 5.80. The third-order valence-corrected chi connectivity index (χ3v) is 5.38. The molecule has 2 heterocycles. The van der Waals surface area contributed by atoms with Gasteiger partial charge in [0, 0.05) is 29.5 Å². The van der Waals surface area contributed by atoms with Crippen LogP contribution in [-0.2, 0) is 16.0 Å². The number of hydrogen-bond donors (Lipinski definition) is 1. The zero-order valence-corrected chi connectivity index (χ0v) is 15.0. The Labute approximate surface area is 151 Å². The third kappa shape index (κ3) is 4.57. The monoisotopic (exact) mass is 364 g/mol. The molecule has 1 unspecified atom stereocenters. The molecular formula is C18H21ClN2O2S. The van der Waals surface area contributed by atoms with Crippen LogP contribution in [0.4, 0.5) is 0 Å². The van der Waals surface area contributed by atoms with E-state index in [1.807, 2.05) is 41.8 Å². The summed E-state index contributed by atoms with van der Waals surface area (Å²) in [5.74, 6) is 0.0442. The molecule has 2 aromatic rings. The number of benzene rings is 1. The number of nitrogens with one attached hydrogen (secondary N) is 1. The van der Waals surface area contributed by atoms with E-state index in [1.54, 1.807) is 11.3 Å². The van der Waals surface area contributed by atoms with Gasteiger partial charge < -0.3 is 10.1 Å². The molecule has 1 aliphatic heterocycles. The highest BCUT2D eigenvalue weighted by atomic mass is 35.5. The van der Waals surface area contributed by atoms with E-state index < -0.39 is 0 Å². The van der Waals surface area contributed by atoms with Gasteiger partial charge in [0.15, 0.2) is 0 Å². The fraction of sp³-hybridized carbons (Fsp3) is 0.389. The Hall–Kier alpha value is -1.40. The summed E-state index contributed by atoms with van der Waals surface area (Å²) < 4.78 is 5.45. The molecule has 1 N–H and O–H groups in total. The van der Waals surface area contributed by atoms with Crippen LogP contribution in [0.2, 0.25) is 5.02 Å². The normalized spacial score (nSPS) is 16.7. The molecule has 0 spiro atoms. The van der Waals surface area contributed by atoms with Gasteiger partial charge in [0.05, 0.1) is 25.7 Å². The van der Waals surface area contributed by atoms with Crippen LogP contribution in [0.1, 0.15) is 16.5 Å². The van der Waals surface area contributed by atoms with Gasteiger partial charge in [-0.15, -0.1) is 11.3 Å². The van der Waals surface area contributed by atoms with Crippen molar-refractivity contribution in [2.75, 3.05) is 32.8 Å². The Balaban J connectivity index is 1.67. The maximum atomic E-state index is 12.2. The first-order chi connectivity index (χ1) is 11.7.